The second kappa shape index (κ2) is 41.0. The lowest BCUT2D eigenvalue weighted by molar-refractivity contribution is 0.590. The molecular weight excluding hydrogens is 1200 g/mol. The highest BCUT2D eigenvalue weighted by molar-refractivity contribution is 6.88. The first-order chi connectivity index (χ1) is 45.9. The molecule has 0 atom stereocenters. The van der Waals surface area contributed by atoms with Crippen LogP contribution in [0.3, 0.4) is 0 Å². The molecule has 0 nitrogen and oxygen atoms in total. The van der Waals surface area contributed by atoms with E-state index >= 15 is 0 Å². The highest BCUT2D eigenvalue weighted by Gasteiger charge is 2.15. The molecule has 0 aliphatic heterocycles. The summed E-state index contributed by atoms with van der Waals surface area (Å²) in [5, 5.41) is 1.54. The number of aryl methyl sites for hydroxylation is 15. The monoisotopic (exact) mass is 1300 g/mol. The number of hydrogen-bond acceptors (Lipinski definition) is 0. The van der Waals surface area contributed by atoms with Gasteiger partial charge in [-0.05, 0) is 194 Å². The molecule has 0 unspecified atom stereocenters. The summed E-state index contributed by atoms with van der Waals surface area (Å²) in [6, 6.07) is 95.9. The van der Waals surface area contributed by atoms with Gasteiger partial charge in [-0.25, -0.2) is 8.78 Å². The molecule has 0 aromatic heterocycles. The fraction of sp³-hybridized carbons (Fsp3) is 0.234. The molecular formula is C94H110F2Si. The Balaban J connectivity index is 0.000000234. The van der Waals surface area contributed by atoms with Gasteiger partial charge in [-0.2, -0.15) is 0 Å². The molecule has 0 saturated carbocycles. The van der Waals surface area contributed by atoms with Gasteiger partial charge in [0.25, 0.3) is 0 Å². The Labute approximate surface area is 587 Å². The maximum atomic E-state index is 13.4. The molecule has 0 spiro atoms. The molecule has 0 N–H and O–H groups in total. The van der Waals surface area contributed by atoms with Gasteiger partial charge in [-0.15, -0.1) is 0 Å². The van der Waals surface area contributed by atoms with Gasteiger partial charge >= 0.3 is 0 Å². The minimum Gasteiger partial charge on any atom is -0.207 e. The smallest absolute Gasteiger partial charge is 0.131 e. The molecule has 0 aliphatic rings. The summed E-state index contributed by atoms with van der Waals surface area (Å²) < 4.78 is 26.3. The van der Waals surface area contributed by atoms with Gasteiger partial charge in [0.1, 0.15) is 11.6 Å². The van der Waals surface area contributed by atoms with Crippen molar-refractivity contribution in [2.45, 2.75) is 150 Å². The Bertz CT molecular complexity index is 4040. The van der Waals surface area contributed by atoms with Gasteiger partial charge in [0.2, 0.25) is 0 Å². The third kappa shape index (κ3) is 31.4. The molecule has 0 aliphatic carbocycles. The van der Waals surface area contributed by atoms with Crippen LogP contribution in [0.25, 0.3) is 33.4 Å². The SMILES string of the molecule is Cc1ccc(-c2cccc(F)c2)cc1.Cc1ccc(-c2ccccc2)cc1C.Cc1ccc(-c2ccccc2F)cc1.Cc1ccc(C(C)(C)C)cc1.Cc1ccc(C)c(C)c1.Cc1ccc(C)c(C)c1.Cc1ccc(C)cc1.Cc1ccc([Si](C)(C)C)cc1.Cc1ccccc1. The van der Waals surface area contributed by atoms with Crippen LogP contribution in [0.2, 0.25) is 19.6 Å². The quantitative estimate of drug-likeness (QED) is 0.154. The molecule has 0 fully saturated rings. The molecule has 504 valence electrons. The van der Waals surface area contributed by atoms with Gasteiger partial charge in [-0.3, -0.25) is 0 Å². The van der Waals surface area contributed by atoms with Crippen molar-refractivity contribution >= 4 is 13.3 Å². The van der Waals surface area contributed by atoms with Crippen molar-refractivity contribution in [2.24, 2.45) is 0 Å². The van der Waals surface area contributed by atoms with E-state index in [2.05, 4.69) is 294 Å². The molecule has 0 saturated heterocycles. The van der Waals surface area contributed by atoms with E-state index < -0.39 is 8.07 Å². The van der Waals surface area contributed by atoms with E-state index in [0.717, 1.165) is 16.7 Å². The fourth-order valence-corrected chi connectivity index (χ4v) is 10.6. The van der Waals surface area contributed by atoms with Gasteiger partial charge < -0.3 is 0 Å². The predicted molar refractivity (Wildman–Crippen MR) is 427 cm³/mol. The van der Waals surface area contributed by atoms with Crippen LogP contribution in [0.1, 0.15) is 110 Å². The average molecular weight is 1310 g/mol. The van der Waals surface area contributed by atoms with Gasteiger partial charge in [-0.1, -0.05) is 363 Å². The summed E-state index contributed by atoms with van der Waals surface area (Å²) in [6.45, 7) is 45.5. The normalized spacial score (nSPS) is 10.2. The number of halogens is 2. The van der Waals surface area contributed by atoms with E-state index in [1.165, 1.54) is 112 Å². The van der Waals surface area contributed by atoms with Crippen molar-refractivity contribution in [1.29, 1.82) is 0 Å². The Morgan fingerprint density at radius 2 is 0.546 bits per heavy atom. The van der Waals surface area contributed by atoms with Crippen molar-refractivity contribution in [3.63, 3.8) is 0 Å². The van der Waals surface area contributed by atoms with E-state index in [1.807, 2.05) is 98.8 Å². The third-order valence-corrected chi connectivity index (χ3v) is 18.4. The lowest BCUT2D eigenvalue weighted by Gasteiger charge is -2.18. The van der Waals surface area contributed by atoms with Gasteiger partial charge in [0.15, 0.2) is 0 Å². The Hall–Kier alpha value is -9.28. The van der Waals surface area contributed by atoms with Crippen molar-refractivity contribution in [3.8, 4) is 33.4 Å². The molecule has 12 aromatic rings. The average Bonchev–Trinajstić information content (AvgIpc) is 0.932. The number of hydrogen-bond donors (Lipinski definition) is 0. The second-order valence-corrected chi connectivity index (χ2v) is 32.7. The molecule has 0 heterocycles. The van der Waals surface area contributed by atoms with Gasteiger partial charge in [0, 0.05) is 5.56 Å². The first kappa shape index (κ1) is 80.2. The molecule has 0 radical (unpaired) electrons. The molecule has 0 bridgehead atoms. The maximum absolute atomic E-state index is 13.4. The van der Waals surface area contributed by atoms with E-state index in [0.29, 0.717) is 5.56 Å². The Morgan fingerprint density at radius 3 is 0.918 bits per heavy atom. The third-order valence-electron chi connectivity index (χ3n) is 16.4. The van der Waals surface area contributed by atoms with Crippen LogP contribution in [0, 0.1) is 115 Å². The fourth-order valence-electron chi connectivity index (χ4n) is 9.46. The van der Waals surface area contributed by atoms with E-state index in [1.54, 1.807) is 29.5 Å². The summed E-state index contributed by atoms with van der Waals surface area (Å²) in [6.07, 6.45) is 0. The van der Waals surface area contributed by atoms with Crippen LogP contribution < -0.4 is 5.19 Å². The van der Waals surface area contributed by atoms with Crippen LogP contribution in [0.5, 0.6) is 0 Å². The number of benzene rings is 12. The Morgan fingerprint density at radius 1 is 0.237 bits per heavy atom. The Kier molecular flexibility index (Phi) is 33.8. The zero-order valence-electron chi connectivity index (χ0n) is 62.4. The molecule has 3 heteroatoms. The van der Waals surface area contributed by atoms with Crippen molar-refractivity contribution in [1.82, 2.24) is 0 Å². The first-order valence-electron chi connectivity index (χ1n) is 33.9. The predicted octanol–water partition coefficient (Wildman–Crippen LogP) is 26.9. The topological polar surface area (TPSA) is 0 Å². The number of rotatable bonds is 4. The van der Waals surface area contributed by atoms with Crippen molar-refractivity contribution < 1.29 is 8.78 Å². The highest BCUT2D eigenvalue weighted by atomic mass is 28.3. The molecule has 12 aromatic carbocycles. The van der Waals surface area contributed by atoms with Crippen LogP contribution in [-0.2, 0) is 5.41 Å². The molecule has 0 amide bonds. The van der Waals surface area contributed by atoms with Crippen LogP contribution in [-0.4, -0.2) is 8.07 Å². The summed E-state index contributed by atoms with van der Waals surface area (Å²) in [5.41, 5.74) is 27.8. The van der Waals surface area contributed by atoms with E-state index in [4.69, 9.17) is 0 Å². The first-order valence-corrected chi connectivity index (χ1v) is 37.4. The zero-order chi connectivity index (χ0) is 71.7. The summed E-state index contributed by atoms with van der Waals surface area (Å²) >= 11 is 0. The molecule has 97 heavy (non-hydrogen) atoms. The minimum absolute atomic E-state index is 0.170. The summed E-state index contributed by atoms with van der Waals surface area (Å²) in [4.78, 5) is 0. The van der Waals surface area contributed by atoms with E-state index in [9.17, 15) is 8.78 Å². The largest absolute Gasteiger partial charge is 0.207 e. The highest BCUT2D eigenvalue weighted by Crippen LogP contribution is 2.25. The summed E-state index contributed by atoms with van der Waals surface area (Å²) in [5.74, 6) is -0.362. The van der Waals surface area contributed by atoms with Crippen LogP contribution in [0.4, 0.5) is 8.78 Å². The second-order valence-electron chi connectivity index (χ2n) is 27.6. The minimum atomic E-state index is -1.06. The standard InChI is InChI=1S/C14H14.2C13H11F.C11H16.C10H16Si.2C9H12.C8H10.C7H8/c1-11-8-9-14(10-12(11)2)13-6-4-3-5-7-13;1-10-5-7-11(8-6-10)12-3-2-4-13(14)9-12;1-10-6-8-11(9-7-10)12-4-2-3-5-13(12)14;2*1-9-5-7-10(8-6-9)11(2,3)4;2*1-7-4-5-8(2)9(3)6-7;1-7-3-5-8(2)6-4-7;1-7-5-3-2-4-6-7/h3-10H,1-2H3;2*2-9H,1H3;2*5-8H,1-4H3;2*4-6H,1-3H3;3-6H,1-2H3;2-6H,1H3. The van der Waals surface area contributed by atoms with Crippen LogP contribution in [0.15, 0.2) is 285 Å². The maximum Gasteiger partial charge on any atom is 0.131 e. The lowest BCUT2D eigenvalue weighted by Crippen LogP contribution is -2.37. The van der Waals surface area contributed by atoms with Gasteiger partial charge in [0.05, 0.1) is 8.07 Å². The van der Waals surface area contributed by atoms with Crippen molar-refractivity contribution in [2.75, 3.05) is 0 Å². The zero-order valence-corrected chi connectivity index (χ0v) is 63.4. The van der Waals surface area contributed by atoms with Crippen molar-refractivity contribution in [3.05, 3.63) is 386 Å². The lowest BCUT2D eigenvalue weighted by atomic mass is 9.87. The molecule has 12 rings (SSSR count). The van der Waals surface area contributed by atoms with Crippen LogP contribution >= 0.6 is 0 Å². The summed E-state index contributed by atoms with van der Waals surface area (Å²) in [7, 11) is -1.06. The van der Waals surface area contributed by atoms with E-state index in [-0.39, 0.29) is 17.0 Å².